The number of carbonyl (C=O) groups excluding carboxylic acids is 1. The number of anilines is 2. The normalized spacial score (nSPS) is 10.9. The molecule has 136 valence electrons. The van der Waals surface area contributed by atoms with Gasteiger partial charge >= 0.3 is 0 Å². The Morgan fingerprint density at radius 1 is 1.38 bits per heavy atom. The van der Waals surface area contributed by atoms with Gasteiger partial charge in [0, 0.05) is 34.1 Å². The maximum atomic E-state index is 11.7. The molecular weight excluding hydrogens is 388 g/mol. The zero-order valence-corrected chi connectivity index (χ0v) is 16.8. The van der Waals surface area contributed by atoms with Crippen molar-refractivity contribution in [2.45, 2.75) is 13.5 Å². The molecule has 0 aliphatic rings. The number of hydrogen-bond acceptors (Lipinski definition) is 5. The van der Waals surface area contributed by atoms with Crippen LogP contribution in [0.1, 0.15) is 16.1 Å². The van der Waals surface area contributed by atoms with Crippen molar-refractivity contribution in [1.29, 1.82) is 0 Å². The number of primary amides is 1. The Hall–Kier alpha value is -1.96. The molecule has 0 spiro atoms. The van der Waals surface area contributed by atoms with Crippen LogP contribution in [0.5, 0.6) is 0 Å². The second kappa shape index (κ2) is 8.16. The Morgan fingerprint density at radius 2 is 2.12 bits per heavy atom. The van der Waals surface area contributed by atoms with Crippen LogP contribution in [0.25, 0.3) is 11.4 Å². The molecule has 3 aromatic rings. The second-order valence-corrected chi connectivity index (χ2v) is 7.99. The average Bonchev–Trinajstić information content (AvgIpc) is 3.19. The van der Waals surface area contributed by atoms with Crippen LogP contribution in [0.2, 0.25) is 5.02 Å². The standard InChI is InChI=1S/C18H19ClN4OS2/c1-11-14(17(20)24)9-16(23(11)7-8-25-2)15-10-26-18(22-15)21-13-5-3-12(19)4-6-13/h3-6,9-10H,7-8H2,1-2H3,(H2,20,24)(H,21,22). The lowest BCUT2D eigenvalue weighted by atomic mass is 10.2. The topological polar surface area (TPSA) is 72.9 Å². The molecule has 5 nitrogen and oxygen atoms in total. The third-order valence-electron chi connectivity index (χ3n) is 4.01. The van der Waals surface area contributed by atoms with Gasteiger partial charge in [0.05, 0.1) is 17.0 Å². The van der Waals surface area contributed by atoms with E-state index in [4.69, 9.17) is 17.3 Å². The second-order valence-electron chi connectivity index (χ2n) is 5.71. The van der Waals surface area contributed by atoms with Crippen molar-refractivity contribution in [2.24, 2.45) is 5.73 Å². The van der Waals surface area contributed by atoms with Gasteiger partial charge < -0.3 is 15.6 Å². The Morgan fingerprint density at radius 3 is 2.77 bits per heavy atom. The monoisotopic (exact) mass is 406 g/mol. The largest absolute Gasteiger partial charge is 0.366 e. The van der Waals surface area contributed by atoms with Crippen molar-refractivity contribution in [3.8, 4) is 11.4 Å². The molecule has 0 radical (unpaired) electrons. The predicted molar refractivity (Wildman–Crippen MR) is 112 cm³/mol. The van der Waals surface area contributed by atoms with Crippen LogP contribution in [0.4, 0.5) is 10.8 Å². The minimum Gasteiger partial charge on any atom is -0.366 e. The van der Waals surface area contributed by atoms with Gasteiger partial charge in [0.1, 0.15) is 0 Å². The molecule has 0 bridgehead atoms. The fourth-order valence-electron chi connectivity index (χ4n) is 2.68. The number of amides is 1. The minimum atomic E-state index is -0.415. The average molecular weight is 407 g/mol. The van der Waals surface area contributed by atoms with Crippen LogP contribution in [0.3, 0.4) is 0 Å². The van der Waals surface area contributed by atoms with E-state index in [2.05, 4.69) is 21.1 Å². The molecule has 2 heterocycles. The fraction of sp³-hybridized carbons (Fsp3) is 0.222. The molecule has 0 saturated heterocycles. The summed E-state index contributed by atoms with van der Waals surface area (Å²) in [4.78, 5) is 16.4. The number of nitrogens with one attached hydrogen (secondary N) is 1. The molecular formula is C18H19ClN4OS2. The third kappa shape index (κ3) is 4.06. The van der Waals surface area contributed by atoms with Crippen LogP contribution in [-0.2, 0) is 6.54 Å². The van der Waals surface area contributed by atoms with E-state index >= 15 is 0 Å². The zero-order chi connectivity index (χ0) is 18.7. The van der Waals surface area contributed by atoms with Gasteiger partial charge in [-0.25, -0.2) is 4.98 Å². The number of hydrogen-bond donors (Lipinski definition) is 2. The molecule has 2 aromatic heterocycles. The first-order chi connectivity index (χ1) is 12.5. The highest BCUT2D eigenvalue weighted by Crippen LogP contribution is 2.30. The van der Waals surface area contributed by atoms with E-state index in [-0.39, 0.29) is 0 Å². The van der Waals surface area contributed by atoms with Gasteiger partial charge in [-0.2, -0.15) is 11.8 Å². The first kappa shape index (κ1) is 18.8. The lowest BCUT2D eigenvalue weighted by Gasteiger charge is -2.09. The number of benzene rings is 1. The number of aromatic nitrogens is 2. The first-order valence-electron chi connectivity index (χ1n) is 7.97. The highest BCUT2D eigenvalue weighted by molar-refractivity contribution is 7.98. The molecule has 1 aromatic carbocycles. The fourth-order valence-corrected chi connectivity index (χ4v) is 3.90. The minimum absolute atomic E-state index is 0.415. The Bertz CT molecular complexity index is 918. The molecule has 0 fully saturated rings. The van der Waals surface area contributed by atoms with Gasteiger partial charge in [-0.05, 0) is 43.5 Å². The van der Waals surface area contributed by atoms with Crippen LogP contribution in [0.15, 0.2) is 35.7 Å². The van der Waals surface area contributed by atoms with E-state index < -0.39 is 5.91 Å². The highest BCUT2D eigenvalue weighted by atomic mass is 35.5. The van der Waals surface area contributed by atoms with E-state index in [1.54, 1.807) is 11.8 Å². The molecule has 8 heteroatoms. The van der Waals surface area contributed by atoms with Crippen molar-refractivity contribution in [3.63, 3.8) is 0 Å². The quantitative estimate of drug-likeness (QED) is 0.592. The van der Waals surface area contributed by atoms with Crippen molar-refractivity contribution < 1.29 is 4.79 Å². The van der Waals surface area contributed by atoms with Crippen molar-refractivity contribution >= 4 is 51.4 Å². The Kier molecular flexibility index (Phi) is 5.90. The summed E-state index contributed by atoms with van der Waals surface area (Å²) in [5.41, 5.74) is 9.59. The lowest BCUT2D eigenvalue weighted by molar-refractivity contribution is 0.0999. The van der Waals surface area contributed by atoms with E-state index in [1.165, 1.54) is 11.3 Å². The van der Waals surface area contributed by atoms with E-state index in [1.807, 2.05) is 42.6 Å². The zero-order valence-electron chi connectivity index (χ0n) is 14.5. The number of halogens is 1. The summed E-state index contributed by atoms with van der Waals surface area (Å²) < 4.78 is 2.11. The molecule has 1 amide bonds. The predicted octanol–water partition coefficient (Wildman–Crippen LogP) is 4.78. The molecule has 0 atom stereocenters. The summed E-state index contributed by atoms with van der Waals surface area (Å²) in [6.45, 7) is 2.72. The van der Waals surface area contributed by atoms with Crippen LogP contribution >= 0.6 is 34.7 Å². The molecule has 26 heavy (non-hydrogen) atoms. The Labute approximate surface area is 165 Å². The summed E-state index contributed by atoms with van der Waals surface area (Å²) in [7, 11) is 0. The number of thiazole rings is 1. The third-order valence-corrected chi connectivity index (χ3v) is 5.61. The number of carbonyl (C=O) groups is 1. The Balaban J connectivity index is 1.91. The van der Waals surface area contributed by atoms with Crippen molar-refractivity contribution in [2.75, 3.05) is 17.3 Å². The van der Waals surface area contributed by atoms with E-state index in [0.29, 0.717) is 10.6 Å². The molecule has 0 aliphatic heterocycles. The smallest absolute Gasteiger partial charge is 0.250 e. The number of nitrogens with zero attached hydrogens (tertiary/aromatic N) is 2. The summed E-state index contributed by atoms with van der Waals surface area (Å²) in [5.74, 6) is 0.530. The molecule has 0 unspecified atom stereocenters. The van der Waals surface area contributed by atoms with E-state index in [0.717, 1.165) is 40.2 Å². The number of nitrogens with two attached hydrogens (primary N) is 1. The molecule has 3 N–H and O–H groups in total. The van der Waals surface area contributed by atoms with E-state index in [9.17, 15) is 4.79 Å². The molecule has 3 rings (SSSR count). The van der Waals surface area contributed by atoms with Crippen LogP contribution in [-0.4, -0.2) is 27.5 Å². The lowest BCUT2D eigenvalue weighted by Crippen LogP contribution is -2.13. The van der Waals surface area contributed by atoms with Crippen LogP contribution < -0.4 is 11.1 Å². The first-order valence-corrected chi connectivity index (χ1v) is 10.6. The van der Waals surface area contributed by atoms with Crippen molar-refractivity contribution in [3.05, 3.63) is 52.0 Å². The van der Waals surface area contributed by atoms with Gasteiger partial charge in [0.25, 0.3) is 5.91 Å². The number of rotatable bonds is 7. The van der Waals surface area contributed by atoms with Gasteiger partial charge in [-0.1, -0.05) is 11.6 Å². The molecule has 0 saturated carbocycles. The maximum Gasteiger partial charge on any atom is 0.250 e. The highest BCUT2D eigenvalue weighted by Gasteiger charge is 2.18. The SMILES string of the molecule is CSCCn1c(-c2csc(Nc3ccc(Cl)cc3)n2)cc(C(N)=O)c1C. The van der Waals surface area contributed by atoms with Gasteiger partial charge in [0.2, 0.25) is 0 Å². The summed E-state index contributed by atoms with van der Waals surface area (Å²) in [6.07, 6.45) is 2.06. The molecule has 0 aliphatic carbocycles. The van der Waals surface area contributed by atoms with Gasteiger partial charge in [-0.3, -0.25) is 4.79 Å². The summed E-state index contributed by atoms with van der Waals surface area (Å²) in [6, 6.07) is 9.29. The van der Waals surface area contributed by atoms with Crippen LogP contribution in [0, 0.1) is 6.92 Å². The summed E-state index contributed by atoms with van der Waals surface area (Å²) >= 11 is 9.18. The van der Waals surface area contributed by atoms with Gasteiger partial charge in [-0.15, -0.1) is 11.3 Å². The maximum absolute atomic E-state index is 11.7. The number of thioether (sulfide) groups is 1. The van der Waals surface area contributed by atoms with Crippen molar-refractivity contribution in [1.82, 2.24) is 9.55 Å². The van der Waals surface area contributed by atoms with Gasteiger partial charge in [0.15, 0.2) is 5.13 Å². The summed E-state index contributed by atoms with van der Waals surface area (Å²) in [5, 5.41) is 6.72.